The molecule has 3 heteroatoms. The van der Waals surface area contributed by atoms with E-state index in [0.29, 0.717) is 12.6 Å². The Morgan fingerprint density at radius 1 is 1.43 bits per heavy atom. The number of unbranched alkanes of at least 4 members (excludes halogenated alkanes) is 1. The van der Waals surface area contributed by atoms with Gasteiger partial charge in [0.15, 0.2) is 0 Å². The number of ether oxygens (including phenoxy) is 1. The molecular formula is C11H25NO2. The van der Waals surface area contributed by atoms with Crippen LogP contribution in [0.1, 0.15) is 40.0 Å². The first-order valence-corrected chi connectivity index (χ1v) is 5.43. The van der Waals surface area contributed by atoms with Crippen molar-refractivity contribution in [3.8, 4) is 0 Å². The SMILES string of the molecule is CCCCC(COC)NC(C)(C)CO. The zero-order chi connectivity index (χ0) is 11.0. The topological polar surface area (TPSA) is 41.5 Å². The van der Waals surface area contributed by atoms with Crippen LogP contribution in [0.4, 0.5) is 0 Å². The lowest BCUT2D eigenvalue weighted by molar-refractivity contribution is 0.119. The largest absolute Gasteiger partial charge is 0.394 e. The fourth-order valence-corrected chi connectivity index (χ4v) is 1.45. The third-order valence-electron chi connectivity index (χ3n) is 2.26. The minimum Gasteiger partial charge on any atom is -0.394 e. The molecule has 0 aromatic carbocycles. The van der Waals surface area contributed by atoms with E-state index in [2.05, 4.69) is 12.2 Å². The molecule has 1 unspecified atom stereocenters. The minimum atomic E-state index is -0.211. The van der Waals surface area contributed by atoms with E-state index in [1.165, 1.54) is 12.8 Å². The molecule has 0 heterocycles. The van der Waals surface area contributed by atoms with E-state index in [4.69, 9.17) is 9.84 Å². The lowest BCUT2D eigenvalue weighted by atomic mass is 10.0. The molecule has 0 radical (unpaired) electrons. The van der Waals surface area contributed by atoms with E-state index in [1.807, 2.05) is 13.8 Å². The Kier molecular flexibility index (Phi) is 7.15. The van der Waals surface area contributed by atoms with Crippen molar-refractivity contribution in [1.82, 2.24) is 5.32 Å². The van der Waals surface area contributed by atoms with E-state index in [9.17, 15) is 0 Å². The van der Waals surface area contributed by atoms with Crippen LogP contribution in [0.3, 0.4) is 0 Å². The fourth-order valence-electron chi connectivity index (χ4n) is 1.45. The number of aliphatic hydroxyl groups is 1. The van der Waals surface area contributed by atoms with Crippen LogP contribution in [0.2, 0.25) is 0 Å². The molecule has 0 aromatic rings. The summed E-state index contributed by atoms with van der Waals surface area (Å²) in [5.74, 6) is 0. The molecule has 1 atom stereocenters. The Morgan fingerprint density at radius 2 is 2.07 bits per heavy atom. The summed E-state index contributed by atoms with van der Waals surface area (Å²) < 4.78 is 5.15. The Morgan fingerprint density at radius 3 is 2.50 bits per heavy atom. The van der Waals surface area contributed by atoms with Gasteiger partial charge < -0.3 is 15.2 Å². The third-order valence-corrected chi connectivity index (χ3v) is 2.26. The number of nitrogens with one attached hydrogen (secondary N) is 1. The smallest absolute Gasteiger partial charge is 0.0616 e. The van der Waals surface area contributed by atoms with Gasteiger partial charge in [-0.1, -0.05) is 19.8 Å². The van der Waals surface area contributed by atoms with Crippen molar-refractivity contribution in [2.75, 3.05) is 20.3 Å². The maximum atomic E-state index is 9.13. The van der Waals surface area contributed by atoms with Gasteiger partial charge in [-0.3, -0.25) is 0 Å². The first-order chi connectivity index (χ1) is 6.55. The molecule has 0 bridgehead atoms. The molecule has 0 aliphatic heterocycles. The van der Waals surface area contributed by atoms with Crippen LogP contribution in [0.25, 0.3) is 0 Å². The van der Waals surface area contributed by atoms with Crippen LogP contribution >= 0.6 is 0 Å². The second-order valence-corrected chi connectivity index (χ2v) is 4.48. The molecular weight excluding hydrogens is 178 g/mol. The van der Waals surface area contributed by atoms with Gasteiger partial charge in [0.25, 0.3) is 0 Å². The highest BCUT2D eigenvalue weighted by Gasteiger charge is 2.20. The van der Waals surface area contributed by atoms with Crippen molar-refractivity contribution in [2.24, 2.45) is 0 Å². The highest BCUT2D eigenvalue weighted by molar-refractivity contribution is 4.81. The predicted molar refractivity (Wildman–Crippen MR) is 59.5 cm³/mol. The molecule has 0 fully saturated rings. The first-order valence-electron chi connectivity index (χ1n) is 5.43. The fraction of sp³-hybridized carbons (Fsp3) is 1.00. The maximum absolute atomic E-state index is 9.13. The van der Waals surface area contributed by atoms with Gasteiger partial charge in [-0.25, -0.2) is 0 Å². The lowest BCUT2D eigenvalue weighted by Gasteiger charge is -2.30. The van der Waals surface area contributed by atoms with E-state index < -0.39 is 0 Å². The van der Waals surface area contributed by atoms with Gasteiger partial charge in [-0.2, -0.15) is 0 Å². The number of hydrogen-bond acceptors (Lipinski definition) is 3. The zero-order valence-electron chi connectivity index (χ0n) is 9.97. The predicted octanol–water partition coefficient (Wildman–Crippen LogP) is 1.55. The zero-order valence-corrected chi connectivity index (χ0v) is 9.97. The van der Waals surface area contributed by atoms with E-state index in [0.717, 1.165) is 6.42 Å². The van der Waals surface area contributed by atoms with Crippen LogP contribution in [0.5, 0.6) is 0 Å². The summed E-state index contributed by atoms with van der Waals surface area (Å²) in [6.45, 7) is 7.05. The standard InChI is InChI=1S/C11H25NO2/c1-5-6-7-10(8-14-4)12-11(2,3)9-13/h10,12-13H,5-9H2,1-4H3. The molecule has 2 N–H and O–H groups in total. The molecule has 0 saturated heterocycles. The van der Waals surface area contributed by atoms with Gasteiger partial charge in [-0.05, 0) is 20.3 Å². The summed E-state index contributed by atoms with van der Waals surface area (Å²) in [5, 5.41) is 12.5. The van der Waals surface area contributed by atoms with Gasteiger partial charge >= 0.3 is 0 Å². The quantitative estimate of drug-likeness (QED) is 0.629. The first kappa shape index (κ1) is 13.9. The molecule has 0 spiro atoms. The van der Waals surface area contributed by atoms with Crippen molar-refractivity contribution in [3.05, 3.63) is 0 Å². The maximum Gasteiger partial charge on any atom is 0.0616 e. The van der Waals surface area contributed by atoms with Crippen LogP contribution in [-0.4, -0.2) is 37.0 Å². The monoisotopic (exact) mass is 203 g/mol. The molecule has 0 rings (SSSR count). The number of rotatable bonds is 8. The normalized spacial score (nSPS) is 14.4. The van der Waals surface area contributed by atoms with Crippen molar-refractivity contribution in [2.45, 2.75) is 51.6 Å². The Bertz CT molecular complexity index is 137. The molecule has 0 saturated carbocycles. The second kappa shape index (κ2) is 7.21. The Labute approximate surface area is 87.8 Å². The number of aliphatic hydroxyl groups excluding tert-OH is 1. The summed E-state index contributed by atoms with van der Waals surface area (Å²) in [5.41, 5.74) is -0.211. The van der Waals surface area contributed by atoms with E-state index in [-0.39, 0.29) is 12.1 Å². The molecule has 14 heavy (non-hydrogen) atoms. The molecule has 0 aliphatic rings. The van der Waals surface area contributed by atoms with Crippen LogP contribution < -0.4 is 5.32 Å². The molecule has 0 aliphatic carbocycles. The van der Waals surface area contributed by atoms with Gasteiger partial charge in [0.05, 0.1) is 13.2 Å². The Balaban J connectivity index is 3.94. The average Bonchev–Trinajstić information content (AvgIpc) is 2.14. The van der Waals surface area contributed by atoms with Gasteiger partial charge in [0, 0.05) is 18.7 Å². The summed E-state index contributed by atoms with van der Waals surface area (Å²) in [6, 6.07) is 0.349. The van der Waals surface area contributed by atoms with E-state index in [1.54, 1.807) is 7.11 Å². The molecule has 3 nitrogen and oxygen atoms in total. The summed E-state index contributed by atoms with van der Waals surface area (Å²) in [7, 11) is 1.71. The molecule has 86 valence electrons. The van der Waals surface area contributed by atoms with Gasteiger partial charge in [-0.15, -0.1) is 0 Å². The van der Waals surface area contributed by atoms with Gasteiger partial charge in [0.2, 0.25) is 0 Å². The number of hydrogen-bond donors (Lipinski definition) is 2. The molecule has 0 aromatic heterocycles. The minimum absolute atomic E-state index is 0.152. The third kappa shape index (κ3) is 6.35. The van der Waals surface area contributed by atoms with Gasteiger partial charge in [0.1, 0.15) is 0 Å². The summed E-state index contributed by atoms with van der Waals surface area (Å²) in [4.78, 5) is 0. The van der Waals surface area contributed by atoms with Crippen molar-refractivity contribution in [3.63, 3.8) is 0 Å². The highest BCUT2D eigenvalue weighted by atomic mass is 16.5. The van der Waals surface area contributed by atoms with Crippen LogP contribution in [-0.2, 0) is 4.74 Å². The molecule has 0 amide bonds. The highest BCUT2D eigenvalue weighted by Crippen LogP contribution is 2.07. The Hall–Kier alpha value is -0.120. The average molecular weight is 203 g/mol. The van der Waals surface area contributed by atoms with Crippen molar-refractivity contribution in [1.29, 1.82) is 0 Å². The van der Waals surface area contributed by atoms with Crippen molar-refractivity contribution < 1.29 is 9.84 Å². The van der Waals surface area contributed by atoms with Crippen molar-refractivity contribution >= 4 is 0 Å². The second-order valence-electron chi connectivity index (χ2n) is 4.48. The summed E-state index contributed by atoms with van der Waals surface area (Å²) in [6.07, 6.45) is 3.50. The van der Waals surface area contributed by atoms with Crippen LogP contribution in [0.15, 0.2) is 0 Å². The lowest BCUT2D eigenvalue weighted by Crippen LogP contribution is -2.50. The summed E-state index contributed by atoms with van der Waals surface area (Å²) >= 11 is 0. The van der Waals surface area contributed by atoms with Crippen LogP contribution in [0, 0.1) is 0 Å². The van der Waals surface area contributed by atoms with E-state index >= 15 is 0 Å². The number of methoxy groups -OCH3 is 1.